The molecule has 0 saturated carbocycles. The van der Waals surface area contributed by atoms with Crippen LogP contribution in [0.25, 0.3) is 0 Å². The van der Waals surface area contributed by atoms with E-state index in [2.05, 4.69) is 11.4 Å². The largest absolute Gasteiger partial charge is 0.350 e. The predicted molar refractivity (Wildman–Crippen MR) is 124 cm³/mol. The Morgan fingerprint density at radius 1 is 1.07 bits per heavy atom. The van der Waals surface area contributed by atoms with Gasteiger partial charge in [0.05, 0.1) is 6.42 Å². The van der Waals surface area contributed by atoms with E-state index in [1.54, 1.807) is 11.0 Å². The molecule has 4 nitrogen and oxygen atoms in total. The summed E-state index contributed by atoms with van der Waals surface area (Å²) in [4.78, 5) is 28.1. The van der Waals surface area contributed by atoms with Crippen molar-refractivity contribution in [2.24, 2.45) is 0 Å². The molecule has 0 aliphatic carbocycles. The highest BCUT2D eigenvalue weighted by Gasteiger charge is 2.31. The van der Waals surface area contributed by atoms with Crippen LogP contribution >= 0.6 is 11.6 Å². The van der Waals surface area contributed by atoms with E-state index in [9.17, 15) is 9.59 Å². The molecule has 0 unspecified atom stereocenters. The molecule has 5 heteroatoms. The van der Waals surface area contributed by atoms with Gasteiger partial charge in [-0.1, -0.05) is 66.0 Å². The number of carbonyl (C=O) groups is 2. The van der Waals surface area contributed by atoms with E-state index < -0.39 is 6.04 Å². The molecule has 0 heterocycles. The summed E-state index contributed by atoms with van der Waals surface area (Å²) >= 11 is 6.37. The Balaban J connectivity index is 2.36. The number of rotatable bonds is 7. The molecule has 0 spiro atoms. The number of amides is 2. The van der Waals surface area contributed by atoms with Crippen LogP contribution in [0.4, 0.5) is 0 Å². The standard InChI is InChI=1S/C25H33ClN2O2/c1-7-22(24(30)27-25(4,5)6)28(16-20-10-8-9-11-21(20)26)23(29)15-19-13-17(2)12-18(3)14-19/h8-14,22H,7,15-16H2,1-6H3,(H,27,30)/t22-/m0/s1. The molecule has 0 aliphatic rings. The maximum absolute atomic E-state index is 13.4. The quantitative estimate of drug-likeness (QED) is 0.657. The highest BCUT2D eigenvalue weighted by molar-refractivity contribution is 6.31. The van der Waals surface area contributed by atoms with Gasteiger partial charge in [0.25, 0.3) is 0 Å². The van der Waals surface area contributed by atoms with Crippen molar-refractivity contribution in [3.63, 3.8) is 0 Å². The van der Waals surface area contributed by atoms with Gasteiger partial charge >= 0.3 is 0 Å². The Labute approximate surface area is 185 Å². The smallest absolute Gasteiger partial charge is 0.243 e. The highest BCUT2D eigenvalue weighted by atomic mass is 35.5. The Hall–Kier alpha value is -2.33. The molecule has 0 saturated heterocycles. The summed E-state index contributed by atoms with van der Waals surface area (Å²) in [5.41, 5.74) is 3.64. The molecule has 30 heavy (non-hydrogen) atoms. The zero-order valence-corrected chi connectivity index (χ0v) is 19.6. The third kappa shape index (κ3) is 6.88. The van der Waals surface area contributed by atoms with Crippen LogP contribution in [0, 0.1) is 13.8 Å². The second-order valence-electron chi connectivity index (χ2n) is 8.95. The van der Waals surface area contributed by atoms with Gasteiger partial charge in [0.15, 0.2) is 0 Å². The third-order valence-electron chi connectivity index (χ3n) is 4.82. The molecule has 0 fully saturated rings. The van der Waals surface area contributed by atoms with Crippen molar-refractivity contribution < 1.29 is 9.59 Å². The van der Waals surface area contributed by atoms with Gasteiger partial charge in [-0.25, -0.2) is 0 Å². The van der Waals surface area contributed by atoms with Crippen LogP contribution in [0.3, 0.4) is 0 Å². The van der Waals surface area contributed by atoms with E-state index in [0.29, 0.717) is 18.0 Å². The van der Waals surface area contributed by atoms with Crippen molar-refractivity contribution in [3.8, 4) is 0 Å². The van der Waals surface area contributed by atoms with Gasteiger partial charge < -0.3 is 10.2 Å². The molecule has 1 atom stereocenters. The van der Waals surface area contributed by atoms with Crippen LogP contribution in [0.5, 0.6) is 0 Å². The van der Waals surface area contributed by atoms with E-state index in [-0.39, 0.29) is 23.8 Å². The first-order valence-electron chi connectivity index (χ1n) is 10.4. The monoisotopic (exact) mass is 428 g/mol. The van der Waals surface area contributed by atoms with Crippen LogP contribution in [0.1, 0.15) is 56.4 Å². The van der Waals surface area contributed by atoms with Crippen molar-refractivity contribution in [2.75, 3.05) is 0 Å². The average Bonchev–Trinajstić information content (AvgIpc) is 2.60. The van der Waals surface area contributed by atoms with Crippen molar-refractivity contribution in [3.05, 3.63) is 69.7 Å². The maximum atomic E-state index is 13.4. The second-order valence-corrected chi connectivity index (χ2v) is 9.36. The molecule has 162 valence electrons. The van der Waals surface area contributed by atoms with Crippen LogP contribution in [0.15, 0.2) is 42.5 Å². The minimum Gasteiger partial charge on any atom is -0.350 e. The van der Waals surface area contributed by atoms with Crippen molar-refractivity contribution in [1.29, 1.82) is 0 Å². The lowest BCUT2D eigenvalue weighted by atomic mass is 10.0. The van der Waals surface area contributed by atoms with Gasteiger partial charge in [-0.05, 0) is 58.2 Å². The predicted octanol–water partition coefficient (Wildman–Crippen LogP) is 5.22. The van der Waals surface area contributed by atoms with E-state index in [1.165, 1.54) is 0 Å². The maximum Gasteiger partial charge on any atom is 0.243 e. The van der Waals surface area contributed by atoms with Gasteiger partial charge in [-0.3, -0.25) is 9.59 Å². The second kappa shape index (κ2) is 10.1. The number of hydrogen-bond donors (Lipinski definition) is 1. The first-order chi connectivity index (χ1) is 14.0. The third-order valence-corrected chi connectivity index (χ3v) is 5.19. The zero-order valence-electron chi connectivity index (χ0n) is 18.9. The summed E-state index contributed by atoms with van der Waals surface area (Å²) in [6.07, 6.45) is 0.761. The van der Waals surface area contributed by atoms with Crippen LogP contribution < -0.4 is 5.32 Å². The molecular weight excluding hydrogens is 396 g/mol. The first-order valence-corrected chi connectivity index (χ1v) is 10.8. The summed E-state index contributed by atoms with van der Waals surface area (Å²) in [7, 11) is 0. The molecule has 0 aliphatic heterocycles. The fourth-order valence-corrected chi connectivity index (χ4v) is 3.83. The summed E-state index contributed by atoms with van der Waals surface area (Å²) < 4.78 is 0. The van der Waals surface area contributed by atoms with Crippen LogP contribution in [-0.2, 0) is 22.6 Å². The molecule has 2 aromatic carbocycles. The lowest BCUT2D eigenvalue weighted by molar-refractivity contribution is -0.141. The molecule has 2 aromatic rings. The van der Waals surface area contributed by atoms with Gasteiger partial charge in [-0.15, -0.1) is 0 Å². The molecule has 0 aromatic heterocycles. The first kappa shape index (κ1) is 23.9. The summed E-state index contributed by atoms with van der Waals surface area (Å²) in [6, 6.07) is 13.0. The Morgan fingerprint density at radius 2 is 1.67 bits per heavy atom. The van der Waals surface area contributed by atoms with Crippen molar-refractivity contribution in [2.45, 2.75) is 72.5 Å². The number of benzene rings is 2. The number of halogens is 1. The highest BCUT2D eigenvalue weighted by Crippen LogP contribution is 2.21. The summed E-state index contributed by atoms with van der Waals surface area (Å²) in [5.74, 6) is -0.235. The van der Waals surface area contributed by atoms with Gasteiger partial charge in [-0.2, -0.15) is 0 Å². The topological polar surface area (TPSA) is 49.4 Å². The van der Waals surface area contributed by atoms with E-state index in [4.69, 9.17) is 11.6 Å². The van der Waals surface area contributed by atoms with E-state index in [1.807, 2.05) is 71.9 Å². The number of aryl methyl sites for hydroxylation is 2. The fourth-order valence-electron chi connectivity index (χ4n) is 3.63. The Bertz CT molecular complexity index is 882. The van der Waals surface area contributed by atoms with Crippen LogP contribution in [0.2, 0.25) is 5.02 Å². The molecule has 0 bridgehead atoms. The SMILES string of the molecule is CC[C@@H](C(=O)NC(C)(C)C)N(Cc1ccccc1Cl)C(=O)Cc1cc(C)cc(C)c1. The van der Waals surface area contributed by atoms with E-state index in [0.717, 1.165) is 22.3 Å². The lowest BCUT2D eigenvalue weighted by Crippen LogP contribution is -2.53. The average molecular weight is 429 g/mol. The lowest BCUT2D eigenvalue weighted by Gasteiger charge is -2.33. The Kier molecular flexibility index (Phi) is 8.08. The summed E-state index contributed by atoms with van der Waals surface area (Å²) in [6.45, 7) is 12.1. The van der Waals surface area contributed by atoms with Crippen molar-refractivity contribution in [1.82, 2.24) is 10.2 Å². The number of nitrogens with zero attached hydrogens (tertiary/aromatic N) is 1. The molecule has 2 rings (SSSR count). The Morgan fingerprint density at radius 3 is 2.20 bits per heavy atom. The number of carbonyl (C=O) groups excluding carboxylic acids is 2. The zero-order chi connectivity index (χ0) is 22.5. The van der Waals surface area contributed by atoms with E-state index >= 15 is 0 Å². The number of nitrogens with one attached hydrogen (secondary N) is 1. The summed E-state index contributed by atoms with van der Waals surface area (Å²) in [5, 5.41) is 3.61. The molecular formula is C25H33ClN2O2. The molecule has 1 N–H and O–H groups in total. The molecule has 2 amide bonds. The normalized spacial score (nSPS) is 12.4. The van der Waals surface area contributed by atoms with Crippen molar-refractivity contribution >= 4 is 23.4 Å². The van der Waals surface area contributed by atoms with Crippen LogP contribution in [-0.4, -0.2) is 28.3 Å². The van der Waals surface area contributed by atoms with Gasteiger partial charge in [0.2, 0.25) is 11.8 Å². The van der Waals surface area contributed by atoms with Gasteiger partial charge in [0, 0.05) is 17.1 Å². The van der Waals surface area contributed by atoms with Gasteiger partial charge in [0.1, 0.15) is 6.04 Å². The molecule has 0 radical (unpaired) electrons. The number of hydrogen-bond acceptors (Lipinski definition) is 2. The minimum absolute atomic E-state index is 0.0872. The fraction of sp³-hybridized carbons (Fsp3) is 0.440. The minimum atomic E-state index is -0.570.